The molecule has 1 aromatic heterocycles. The molecule has 0 saturated carbocycles. The normalized spacial score (nSPS) is 17.8. The lowest BCUT2D eigenvalue weighted by Gasteiger charge is -2.24. The number of ketones is 1. The van der Waals surface area contributed by atoms with Crippen LogP contribution in [-0.4, -0.2) is 39.0 Å². The predicted molar refractivity (Wildman–Crippen MR) is 96.4 cm³/mol. The summed E-state index contributed by atoms with van der Waals surface area (Å²) in [6, 6.07) is 4.48. The minimum atomic E-state index is -0.472. The van der Waals surface area contributed by atoms with Gasteiger partial charge in [0.1, 0.15) is 5.69 Å². The van der Waals surface area contributed by atoms with E-state index < -0.39 is 4.92 Å². The van der Waals surface area contributed by atoms with Crippen LogP contribution in [0.15, 0.2) is 30.6 Å². The van der Waals surface area contributed by atoms with Crippen LogP contribution in [0.1, 0.15) is 42.4 Å². The van der Waals surface area contributed by atoms with Crippen LogP contribution in [0.4, 0.5) is 11.4 Å². The molecule has 2 atom stereocenters. The SMILES string of the molecule is CCC(Nc1ccc(C(=O)c2nccn2C)cc1[N+](=O)[O-])C1CCCO1. The minimum absolute atomic E-state index is 0.00714. The number of benzene rings is 1. The Hall–Kier alpha value is -2.74. The number of nitro groups is 1. The number of ether oxygens (including phenoxy) is 1. The van der Waals surface area contributed by atoms with E-state index in [0.29, 0.717) is 5.69 Å². The Morgan fingerprint density at radius 3 is 2.92 bits per heavy atom. The number of hydrogen-bond donors (Lipinski definition) is 1. The number of aryl methyl sites for hydroxylation is 1. The van der Waals surface area contributed by atoms with Crippen LogP contribution in [0.25, 0.3) is 0 Å². The molecule has 2 aromatic rings. The molecule has 138 valence electrons. The highest BCUT2D eigenvalue weighted by atomic mass is 16.6. The Labute approximate surface area is 151 Å². The summed E-state index contributed by atoms with van der Waals surface area (Å²) in [7, 11) is 1.71. The van der Waals surface area contributed by atoms with Crippen LogP contribution in [0.2, 0.25) is 0 Å². The molecule has 2 unspecified atom stereocenters. The summed E-state index contributed by atoms with van der Waals surface area (Å²) >= 11 is 0. The largest absolute Gasteiger partial charge is 0.376 e. The average molecular weight is 358 g/mol. The van der Waals surface area contributed by atoms with E-state index in [2.05, 4.69) is 10.3 Å². The summed E-state index contributed by atoms with van der Waals surface area (Å²) in [5.74, 6) is -0.107. The van der Waals surface area contributed by atoms with Crippen LogP contribution in [0.5, 0.6) is 0 Å². The van der Waals surface area contributed by atoms with Crippen molar-refractivity contribution in [2.75, 3.05) is 11.9 Å². The van der Waals surface area contributed by atoms with Crippen molar-refractivity contribution < 1.29 is 14.5 Å². The van der Waals surface area contributed by atoms with Gasteiger partial charge < -0.3 is 14.6 Å². The van der Waals surface area contributed by atoms with Gasteiger partial charge in [-0.05, 0) is 31.4 Å². The fraction of sp³-hybridized carbons (Fsp3) is 0.444. The standard InChI is InChI=1S/C18H22N4O4/c1-3-13(16-5-4-10-26-16)20-14-7-6-12(11-15(14)22(24)25)17(23)18-19-8-9-21(18)2/h6-9,11,13,16,20H,3-5,10H2,1-2H3. The van der Waals surface area contributed by atoms with E-state index >= 15 is 0 Å². The highest BCUT2D eigenvalue weighted by molar-refractivity contribution is 6.07. The Balaban J connectivity index is 1.88. The molecule has 0 amide bonds. The number of carbonyl (C=O) groups is 1. The number of nitrogens with one attached hydrogen (secondary N) is 1. The molecular formula is C18H22N4O4. The third kappa shape index (κ3) is 3.60. The Bertz CT molecular complexity index is 811. The van der Waals surface area contributed by atoms with Crippen molar-refractivity contribution in [2.24, 2.45) is 7.05 Å². The molecule has 0 aliphatic carbocycles. The zero-order valence-corrected chi connectivity index (χ0v) is 14.8. The molecule has 1 saturated heterocycles. The number of carbonyl (C=O) groups excluding carboxylic acids is 1. The summed E-state index contributed by atoms with van der Waals surface area (Å²) in [6.45, 7) is 2.74. The van der Waals surface area contributed by atoms with Crippen LogP contribution in [0.3, 0.4) is 0 Å². The molecule has 0 radical (unpaired) electrons. The number of hydrogen-bond acceptors (Lipinski definition) is 6. The lowest BCUT2D eigenvalue weighted by molar-refractivity contribution is -0.384. The molecule has 0 spiro atoms. The number of rotatable bonds is 7. The monoisotopic (exact) mass is 358 g/mol. The van der Waals surface area contributed by atoms with Crippen LogP contribution < -0.4 is 5.32 Å². The molecule has 1 aliphatic heterocycles. The summed E-state index contributed by atoms with van der Waals surface area (Å²) < 4.78 is 7.29. The predicted octanol–water partition coefficient (Wildman–Crippen LogP) is 2.93. The van der Waals surface area contributed by atoms with E-state index in [1.807, 2.05) is 6.92 Å². The van der Waals surface area contributed by atoms with Gasteiger partial charge in [0.15, 0.2) is 5.82 Å². The summed E-state index contributed by atoms with van der Waals surface area (Å²) in [5.41, 5.74) is 0.511. The molecule has 1 aliphatic rings. The van der Waals surface area contributed by atoms with Gasteiger partial charge in [0.05, 0.1) is 17.1 Å². The van der Waals surface area contributed by atoms with E-state index in [4.69, 9.17) is 4.74 Å². The van der Waals surface area contributed by atoms with Gasteiger partial charge >= 0.3 is 0 Å². The molecule has 1 aromatic carbocycles. The minimum Gasteiger partial charge on any atom is -0.376 e. The van der Waals surface area contributed by atoms with Gasteiger partial charge in [0.2, 0.25) is 5.78 Å². The van der Waals surface area contributed by atoms with Crippen molar-refractivity contribution in [3.05, 3.63) is 52.1 Å². The average Bonchev–Trinajstić information content (AvgIpc) is 3.30. The first-order valence-electron chi connectivity index (χ1n) is 8.70. The van der Waals surface area contributed by atoms with E-state index in [9.17, 15) is 14.9 Å². The van der Waals surface area contributed by atoms with Gasteiger partial charge in [-0.25, -0.2) is 4.98 Å². The van der Waals surface area contributed by atoms with E-state index in [1.54, 1.807) is 29.9 Å². The van der Waals surface area contributed by atoms with E-state index in [1.165, 1.54) is 12.3 Å². The van der Waals surface area contributed by atoms with Gasteiger partial charge in [-0.15, -0.1) is 0 Å². The maximum Gasteiger partial charge on any atom is 0.293 e. The fourth-order valence-electron chi connectivity index (χ4n) is 3.24. The number of aromatic nitrogens is 2. The molecule has 2 heterocycles. The quantitative estimate of drug-likeness (QED) is 0.464. The van der Waals surface area contributed by atoms with Gasteiger partial charge in [-0.3, -0.25) is 14.9 Å². The smallest absolute Gasteiger partial charge is 0.293 e. The Morgan fingerprint density at radius 1 is 1.54 bits per heavy atom. The molecular weight excluding hydrogens is 336 g/mol. The second-order valence-electron chi connectivity index (χ2n) is 6.39. The van der Waals surface area contributed by atoms with Crippen LogP contribution >= 0.6 is 0 Å². The van der Waals surface area contributed by atoms with Crippen LogP contribution in [-0.2, 0) is 11.8 Å². The topological polar surface area (TPSA) is 99.3 Å². The highest BCUT2D eigenvalue weighted by Crippen LogP contribution is 2.29. The van der Waals surface area contributed by atoms with Crippen molar-refractivity contribution >= 4 is 17.2 Å². The maximum atomic E-state index is 12.6. The number of anilines is 1. The first-order valence-corrected chi connectivity index (χ1v) is 8.70. The van der Waals surface area contributed by atoms with Crippen molar-refractivity contribution in [2.45, 2.75) is 38.3 Å². The third-order valence-electron chi connectivity index (χ3n) is 4.68. The maximum absolute atomic E-state index is 12.6. The summed E-state index contributed by atoms with van der Waals surface area (Å²) in [5, 5.41) is 14.8. The zero-order valence-electron chi connectivity index (χ0n) is 14.8. The Kier molecular flexibility index (Phi) is 5.32. The first kappa shape index (κ1) is 18.1. The van der Waals surface area contributed by atoms with Crippen molar-refractivity contribution in [1.82, 2.24) is 9.55 Å². The first-order chi connectivity index (χ1) is 12.5. The summed E-state index contributed by atoms with van der Waals surface area (Å²) in [6.07, 6.45) is 5.96. The molecule has 8 nitrogen and oxygen atoms in total. The Morgan fingerprint density at radius 2 is 2.35 bits per heavy atom. The van der Waals surface area contributed by atoms with E-state index in [-0.39, 0.29) is 35.0 Å². The molecule has 0 bridgehead atoms. The van der Waals surface area contributed by atoms with Gasteiger partial charge in [-0.2, -0.15) is 0 Å². The molecule has 3 rings (SSSR count). The molecule has 8 heteroatoms. The fourth-order valence-corrected chi connectivity index (χ4v) is 3.24. The molecule has 1 fully saturated rings. The van der Waals surface area contributed by atoms with Gasteiger partial charge in [0.25, 0.3) is 5.69 Å². The molecule has 1 N–H and O–H groups in total. The highest BCUT2D eigenvalue weighted by Gasteiger charge is 2.27. The number of imidazole rings is 1. The summed E-state index contributed by atoms with van der Waals surface area (Å²) in [4.78, 5) is 27.6. The number of nitro benzene ring substituents is 1. The zero-order chi connectivity index (χ0) is 18.7. The lowest BCUT2D eigenvalue weighted by atomic mass is 10.0. The second kappa shape index (κ2) is 7.65. The van der Waals surface area contributed by atoms with Crippen LogP contribution in [0, 0.1) is 10.1 Å². The lowest BCUT2D eigenvalue weighted by Crippen LogP contribution is -2.32. The van der Waals surface area contributed by atoms with Gasteiger partial charge in [-0.1, -0.05) is 6.92 Å². The second-order valence-corrected chi connectivity index (χ2v) is 6.39. The van der Waals surface area contributed by atoms with Crippen molar-refractivity contribution in [3.8, 4) is 0 Å². The molecule has 26 heavy (non-hydrogen) atoms. The van der Waals surface area contributed by atoms with Crippen molar-refractivity contribution in [1.29, 1.82) is 0 Å². The number of nitrogens with zero attached hydrogens (tertiary/aromatic N) is 3. The van der Waals surface area contributed by atoms with E-state index in [0.717, 1.165) is 25.9 Å². The third-order valence-corrected chi connectivity index (χ3v) is 4.68. The van der Waals surface area contributed by atoms with Gasteiger partial charge in [0, 0.05) is 37.7 Å². The van der Waals surface area contributed by atoms with Crippen molar-refractivity contribution in [3.63, 3.8) is 0 Å².